The fraction of sp³-hybridized carbons (Fsp3) is 0.417. The molecule has 0 atom stereocenters. The highest BCUT2D eigenvalue weighted by Crippen LogP contribution is 2.12. The molecule has 0 radical (unpaired) electrons. The van der Waals surface area contributed by atoms with E-state index in [-0.39, 0.29) is 19.2 Å². The smallest absolute Gasteiger partial charge is 0.322 e. The van der Waals surface area contributed by atoms with Crippen molar-refractivity contribution in [2.75, 3.05) is 44.5 Å². The Bertz CT molecular complexity index is 385. The molecule has 0 unspecified atom stereocenters. The van der Waals surface area contributed by atoms with Gasteiger partial charge in [-0.2, -0.15) is 0 Å². The molecule has 0 saturated carbocycles. The first kappa shape index (κ1) is 14.3. The number of anilines is 2. The number of amides is 2. The maximum atomic E-state index is 11.9. The molecule has 1 aromatic carbocycles. The van der Waals surface area contributed by atoms with Crippen molar-refractivity contribution in [3.05, 3.63) is 24.3 Å². The molecule has 2 amide bonds. The van der Waals surface area contributed by atoms with Crippen molar-refractivity contribution in [2.24, 2.45) is 0 Å². The van der Waals surface area contributed by atoms with Crippen LogP contribution in [-0.2, 0) is 4.74 Å². The molecule has 18 heavy (non-hydrogen) atoms. The fourth-order valence-electron chi connectivity index (χ4n) is 1.46. The minimum atomic E-state index is -0.285. The van der Waals surface area contributed by atoms with Gasteiger partial charge in [0.25, 0.3) is 0 Å². The number of carbonyl (C=O) groups is 1. The summed E-state index contributed by atoms with van der Waals surface area (Å²) in [6.45, 7) is 1.02. The Labute approximate surface area is 106 Å². The standard InChI is InChI=1S/C12H19N3O3/c1-18-8-6-15(5-7-16)12(17)14-11-4-2-3-10(13)9-11/h2-4,9,16H,5-8,13H2,1H3,(H,14,17). The number of nitrogens with one attached hydrogen (secondary N) is 1. The molecular formula is C12H19N3O3. The van der Waals surface area contributed by atoms with Gasteiger partial charge in [-0.3, -0.25) is 0 Å². The van der Waals surface area contributed by atoms with Gasteiger partial charge >= 0.3 is 6.03 Å². The van der Waals surface area contributed by atoms with Crippen LogP contribution < -0.4 is 11.1 Å². The normalized spacial score (nSPS) is 10.1. The minimum Gasteiger partial charge on any atom is -0.399 e. The number of urea groups is 1. The highest BCUT2D eigenvalue weighted by atomic mass is 16.5. The zero-order valence-corrected chi connectivity index (χ0v) is 10.4. The second-order valence-electron chi connectivity index (χ2n) is 3.76. The molecule has 4 N–H and O–H groups in total. The van der Waals surface area contributed by atoms with Crippen LogP contribution >= 0.6 is 0 Å². The second-order valence-corrected chi connectivity index (χ2v) is 3.76. The Balaban J connectivity index is 2.60. The van der Waals surface area contributed by atoms with Crippen molar-refractivity contribution in [1.29, 1.82) is 0 Å². The lowest BCUT2D eigenvalue weighted by atomic mass is 10.3. The number of nitrogens with two attached hydrogens (primary N) is 1. The summed E-state index contributed by atoms with van der Waals surface area (Å²) in [7, 11) is 1.56. The summed E-state index contributed by atoms with van der Waals surface area (Å²) in [6, 6.07) is 6.64. The van der Waals surface area contributed by atoms with Crippen molar-refractivity contribution < 1.29 is 14.6 Å². The summed E-state index contributed by atoms with van der Waals surface area (Å²) in [6.07, 6.45) is 0. The second kappa shape index (κ2) is 7.52. The van der Waals surface area contributed by atoms with E-state index in [1.807, 2.05) is 0 Å². The van der Waals surface area contributed by atoms with Crippen molar-refractivity contribution in [2.45, 2.75) is 0 Å². The number of nitrogens with zero attached hydrogens (tertiary/aromatic N) is 1. The maximum Gasteiger partial charge on any atom is 0.322 e. The van der Waals surface area contributed by atoms with Crippen LogP contribution in [0.3, 0.4) is 0 Å². The van der Waals surface area contributed by atoms with Crippen molar-refractivity contribution in [3.63, 3.8) is 0 Å². The lowest BCUT2D eigenvalue weighted by Crippen LogP contribution is -2.39. The van der Waals surface area contributed by atoms with Gasteiger partial charge in [0.2, 0.25) is 0 Å². The number of aliphatic hydroxyl groups is 1. The van der Waals surface area contributed by atoms with Crippen LogP contribution in [0.5, 0.6) is 0 Å². The topological polar surface area (TPSA) is 87.8 Å². The summed E-state index contributed by atoms with van der Waals surface area (Å²) in [4.78, 5) is 13.4. The van der Waals surface area contributed by atoms with E-state index in [0.29, 0.717) is 24.5 Å². The number of hydrogen-bond donors (Lipinski definition) is 3. The summed E-state index contributed by atoms with van der Waals surface area (Å²) in [5.41, 5.74) is 6.83. The molecule has 0 bridgehead atoms. The molecule has 0 spiro atoms. The predicted octanol–water partition coefficient (Wildman–Crippen LogP) is 0.741. The molecule has 6 nitrogen and oxygen atoms in total. The quantitative estimate of drug-likeness (QED) is 0.652. The third-order valence-corrected chi connectivity index (χ3v) is 2.36. The highest BCUT2D eigenvalue weighted by Gasteiger charge is 2.12. The number of ether oxygens (including phenoxy) is 1. The van der Waals surface area contributed by atoms with Crippen LogP contribution in [-0.4, -0.2) is 49.5 Å². The SMILES string of the molecule is COCCN(CCO)C(=O)Nc1cccc(N)c1. The van der Waals surface area contributed by atoms with Crippen LogP contribution in [0.1, 0.15) is 0 Å². The van der Waals surface area contributed by atoms with E-state index < -0.39 is 0 Å². The van der Waals surface area contributed by atoms with E-state index in [2.05, 4.69) is 5.32 Å². The summed E-state index contributed by atoms with van der Waals surface area (Å²) in [5, 5.41) is 11.6. The molecule has 0 aliphatic carbocycles. The van der Waals surface area contributed by atoms with Gasteiger partial charge in [0.15, 0.2) is 0 Å². The molecule has 6 heteroatoms. The van der Waals surface area contributed by atoms with E-state index in [4.69, 9.17) is 15.6 Å². The number of benzene rings is 1. The Morgan fingerprint density at radius 2 is 2.28 bits per heavy atom. The summed E-state index contributed by atoms with van der Waals surface area (Å²) in [5.74, 6) is 0. The zero-order valence-electron chi connectivity index (χ0n) is 10.4. The first-order valence-corrected chi connectivity index (χ1v) is 5.68. The Hall–Kier alpha value is -1.79. The Morgan fingerprint density at radius 1 is 1.50 bits per heavy atom. The van der Waals surface area contributed by atoms with E-state index in [1.165, 1.54) is 4.90 Å². The van der Waals surface area contributed by atoms with Crippen molar-refractivity contribution in [1.82, 2.24) is 4.90 Å². The zero-order chi connectivity index (χ0) is 13.4. The van der Waals surface area contributed by atoms with Gasteiger partial charge in [0.05, 0.1) is 13.2 Å². The van der Waals surface area contributed by atoms with Crippen molar-refractivity contribution >= 4 is 17.4 Å². The van der Waals surface area contributed by atoms with Gasteiger partial charge in [-0.05, 0) is 18.2 Å². The van der Waals surface area contributed by atoms with E-state index >= 15 is 0 Å². The maximum absolute atomic E-state index is 11.9. The molecule has 100 valence electrons. The average molecular weight is 253 g/mol. The number of hydrogen-bond acceptors (Lipinski definition) is 4. The van der Waals surface area contributed by atoms with Gasteiger partial charge in [-0.25, -0.2) is 4.79 Å². The Morgan fingerprint density at radius 3 is 2.89 bits per heavy atom. The van der Waals surface area contributed by atoms with Crippen LogP contribution in [0, 0.1) is 0 Å². The highest BCUT2D eigenvalue weighted by molar-refractivity contribution is 5.89. The van der Waals surface area contributed by atoms with Gasteiger partial charge in [-0.15, -0.1) is 0 Å². The third kappa shape index (κ3) is 4.60. The Kier molecular flexibility index (Phi) is 5.96. The van der Waals surface area contributed by atoms with E-state index in [1.54, 1.807) is 31.4 Å². The third-order valence-electron chi connectivity index (χ3n) is 2.36. The molecule has 0 aliphatic rings. The average Bonchev–Trinajstić information content (AvgIpc) is 2.34. The minimum absolute atomic E-state index is 0.0892. The number of methoxy groups -OCH3 is 1. The molecule has 0 heterocycles. The molecule has 0 fully saturated rings. The van der Waals surface area contributed by atoms with E-state index in [9.17, 15) is 4.79 Å². The van der Waals surface area contributed by atoms with Gasteiger partial charge < -0.3 is 25.8 Å². The lowest BCUT2D eigenvalue weighted by Gasteiger charge is -2.21. The lowest BCUT2D eigenvalue weighted by molar-refractivity contribution is 0.142. The van der Waals surface area contributed by atoms with Crippen LogP contribution in [0.4, 0.5) is 16.2 Å². The molecule has 0 aliphatic heterocycles. The van der Waals surface area contributed by atoms with Gasteiger partial charge in [-0.1, -0.05) is 6.07 Å². The van der Waals surface area contributed by atoms with E-state index in [0.717, 1.165) is 0 Å². The fourth-order valence-corrected chi connectivity index (χ4v) is 1.46. The molecule has 0 saturated heterocycles. The van der Waals surface area contributed by atoms with Crippen LogP contribution in [0.2, 0.25) is 0 Å². The van der Waals surface area contributed by atoms with Gasteiger partial charge in [0.1, 0.15) is 0 Å². The summed E-state index contributed by atoms with van der Waals surface area (Å²) < 4.78 is 4.91. The number of carbonyl (C=O) groups excluding carboxylic acids is 1. The summed E-state index contributed by atoms with van der Waals surface area (Å²) >= 11 is 0. The molecule has 1 aromatic rings. The first-order valence-electron chi connectivity index (χ1n) is 5.68. The number of aliphatic hydroxyl groups excluding tert-OH is 1. The van der Waals surface area contributed by atoms with Crippen LogP contribution in [0.15, 0.2) is 24.3 Å². The molecule has 0 aromatic heterocycles. The first-order chi connectivity index (χ1) is 8.67. The monoisotopic (exact) mass is 253 g/mol. The van der Waals surface area contributed by atoms with Gasteiger partial charge in [0, 0.05) is 31.6 Å². The van der Waals surface area contributed by atoms with Crippen molar-refractivity contribution in [3.8, 4) is 0 Å². The number of rotatable bonds is 6. The molecular weight excluding hydrogens is 234 g/mol. The largest absolute Gasteiger partial charge is 0.399 e. The molecule has 1 rings (SSSR count). The van der Waals surface area contributed by atoms with Crippen LogP contribution in [0.25, 0.3) is 0 Å². The number of nitrogen functional groups attached to an aromatic ring is 1. The predicted molar refractivity (Wildman–Crippen MR) is 70.4 cm³/mol.